The summed E-state index contributed by atoms with van der Waals surface area (Å²) in [6.07, 6.45) is 1.03. The molecule has 1 aromatic carbocycles. The van der Waals surface area contributed by atoms with Crippen LogP contribution < -0.4 is 4.74 Å². The zero-order valence-electron chi connectivity index (χ0n) is 11.8. The lowest BCUT2D eigenvalue weighted by atomic mass is 9.86. The van der Waals surface area contributed by atoms with Crippen molar-refractivity contribution in [3.05, 3.63) is 51.4 Å². The first-order chi connectivity index (χ1) is 9.79. The molecule has 0 amide bonds. The molecule has 2 aromatic rings. The molecule has 0 saturated carbocycles. The number of halogens is 1. The van der Waals surface area contributed by atoms with Crippen LogP contribution in [0.3, 0.4) is 0 Å². The Hall–Kier alpha value is -2.21. The number of para-hydroxylation sites is 1. The molecule has 6 nitrogen and oxygen atoms in total. The number of aromatic nitrogens is 2. The first-order valence-corrected chi connectivity index (χ1v) is 6.61. The van der Waals surface area contributed by atoms with Crippen molar-refractivity contribution in [2.24, 2.45) is 0 Å². The predicted octanol–water partition coefficient (Wildman–Crippen LogP) is 4.13. The van der Waals surface area contributed by atoms with Crippen LogP contribution >= 0.6 is 11.6 Å². The molecule has 7 heteroatoms. The van der Waals surface area contributed by atoms with E-state index >= 15 is 0 Å². The van der Waals surface area contributed by atoms with Crippen molar-refractivity contribution in [3.63, 3.8) is 0 Å². The highest BCUT2D eigenvalue weighted by molar-refractivity contribution is 6.28. The number of benzene rings is 1. The number of ether oxygens (including phenoxy) is 1. The lowest BCUT2D eigenvalue weighted by Crippen LogP contribution is -2.12. The SMILES string of the molecule is CC(C)(C)c1ccccc1Oc1nc(Cl)ncc1[N+](=O)[O-]. The number of hydrogen-bond acceptors (Lipinski definition) is 5. The summed E-state index contributed by atoms with van der Waals surface area (Å²) in [7, 11) is 0. The van der Waals surface area contributed by atoms with Crippen LogP contribution in [-0.4, -0.2) is 14.9 Å². The normalized spacial score (nSPS) is 11.2. The van der Waals surface area contributed by atoms with Crippen LogP contribution in [-0.2, 0) is 5.41 Å². The van der Waals surface area contributed by atoms with Crippen LogP contribution in [0.4, 0.5) is 5.69 Å². The summed E-state index contributed by atoms with van der Waals surface area (Å²) in [6, 6.07) is 7.32. The van der Waals surface area contributed by atoms with E-state index in [1.165, 1.54) is 0 Å². The average Bonchev–Trinajstić information content (AvgIpc) is 2.37. The number of nitro groups is 1. The number of hydrogen-bond donors (Lipinski definition) is 0. The first kappa shape index (κ1) is 15.2. The summed E-state index contributed by atoms with van der Waals surface area (Å²) in [4.78, 5) is 17.8. The molecule has 0 radical (unpaired) electrons. The van der Waals surface area contributed by atoms with Gasteiger partial charge in [0.15, 0.2) is 0 Å². The monoisotopic (exact) mass is 307 g/mol. The van der Waals surface area contributed by atoms with E-state index in [0.29, 0.717) is 5.75 Å². The van der Waals surface area contributed by atoms with E-state index in [-0.39, 0.29) is 22.3 Å². The fraction of sp³-hybridized carbons (Fsp3) is 0.286. The van der Waals surface area contributed by atoms with E-state index in [0.717, 1.165) is 11.8 Å². The van der Waals surface area contributed by atoms with Crippen molar-refractivity contribution < 1.29 is 9.66 Å². The Kier molecular flexibility index (Phi) is 4.09. The van der Waals surface area contributed by atoms with Gasteiger partial charge in [-0.1, -0.05) is 39.0 Å². The van der Waals surface area contributed by atoms with Gasteiger partial charge in [-0.05, 0) is 23.1 Å². The maximum absolute atomic E-state index is 11.0. The molecule has 1 heterocycles. The second-order valence-electron chi connectivity index (χ2n) is 5.43. The van der Waals surface area contributed by atoms with E-state index in [9.17, 15) is 10.1 Å². The van der Waals surface area contributed by atoms with Gasteiger partial charge in [-0.25, -0.2) is 4.98 Å². The van der Waals surface area contributed by atoms with Crippen molar-refractivity contribution in [1.82, 2.24) is 9.97 Å². The second kappa shape index (κ2) is 5.65. The van der Waals surface area contributed by atoms with Gasteiger partial charge in [0.05, 0.1) is 4.92 Å². The highest BCUT2D eigenvalue weighted by Crippen LogP contribution is 2.36. The van der Waals surface area contributed by atoms with Gasteiger partial charge in [-0.15, -0.1) is 0 Å². The minimum atomic E-state index is -0.606. The van der Waals surface area contributed by atoms with Gasteiger partial charge in [0.2, 0.25) is 5.28 Å². The molecule has 0 bridgehead atoms. The zero-order valence-corrected chi connectivity index (χ0v) is 12.6. The molecule has 110 valence electrons. The molecule has 0 atom stereocenters. The van der Waals surface area contributed by atoms with Gasteiger partial charge in [0.25, 0.3) is 0 Å². The van der Waals surface area contributed by atoms with Crippen molar-refractivity contribution in [2.45, 2.75) is 26.2 Å². The average molecular weight is 308 g/mol. The Morgan fingerprint density at radius 2 is 1.95 bits per heavy atom. The van der Waals surface area contributed by atoms with Crippen molar-refractivity contribution in [1.29, 1.82) is 0 Å². The molecule has 0 unspecified atom stereocenters. The summed E-state index contributed by atoms with van der Waals surface area (Å²) < 4.78 is 5.63. The maximum atomic E-state index is 11.0. The van der Waals surface area contributed by atoms with Gasteiger partial charge in [-0.2, -0.15) is 4.98 Å². The highest BCUT2D eigenvalue weighted by Gasteiger charge is 2.23. The van der Waals surface area contributed by atoms with Gasteiger partial charge >= 0.3 is 11.6 Å². The summed E-state index contributed by atoms with van der Waals surface area (Å²) >= 11 is 5.69. The highest BCUT2D eigenvalue weighted by atomic mass is 35.5. The minimum Gasteiger partial charge on any atom is -0.433 e. The Labute approximate surface area is 126 Å². The fourth-order valence-corrected chi connectivity index (χ4v) is 1.94. The fourth-order valence-electron chi connectivity index (χ4n) is 1.82. The lowest BCUT2D eigenvalue weighted by Gasteiger charge is -2.22. The standard InChI is InChI=1S/C14H14ClN3O3/c1-14(2,3)9-6-4-5-7-11(9)21-12-10(18(19)20)8-16-13(15)17-12/h4-8H,1-3H3. The first-order valence-electron chi connectivity index (χ1n) is 6.23. The molecule has 0 saturated heterocycles. The molecule has 1 aromatic heterocycles. The third-order valence-electron chi connectivity index (χ3n) is 2.80. The van der Waals surface area contributed by atoms with Gasteiger partial charge < -0.3 is 4.74 Å². The zero-order chi connectivity index (χ0) is 15.6. The largest absolute Gasteiger partial charge is 0.433 e. The van der Waals surface area contributed by atoms with Crippen LogP contribution in [0.25, 0.3) is 0 Å². The molecule has 0 aliphatic carbocycles. The molecule has 0 fully saturated rings. The Bertz CT molecular complexity index is 683. The van der Waals surface area contributed by atoms with Crippen LogP contribution in [0.1, 0.15) is 26.3 Å². The van der Waals surface area contributed by atoms with Crippen molar-refractivity contribution in [3.8, 4) is 11.6 Å². The summed E-state index contributed by atoms with van der Waals surface area (Å²) in [5.41, 5.74) is 0.402. The Balaban J connectivity index is 2.49. The third kappa shape index (κ3) is 3.46. The second-order valence-corrected chi connectivity index (χ2v) is 5.77. The van der Waals surface area contributed by atoms with Gasteiger partial charge in [-0.3, -0.25) is 10.1 Å². The van der Waals surface area contributed by atoms with Crippen LogP contribution in [0, 0.1) is 10.1 Å². The summed E-state index contributed by atoms with van der Waals surface area (Å²) in [5.74, 6) is 0.333. The third-order valence-corrected chi connectivity index (χ3v) is 2.99. The number of rotatable bonds is 3. The molecular weight excluding hydrogens is 294 g/mol. The van der Waals surface area contributed by atoms with Gasteiger partial charge in [0.1, 0.15) is 11.9 Å². The quantitative estimate of drug-likeness (QED) is 0.484. The maximum Gasteiger partial charge on any atom is 0.349 e. The summed E-state index contributed by atoms with van der Waals surface area (Å²) in [6.45, 7) is 6.07. The van der Waals surface area contributed by atoms with E-state index in [2.05, 4.69) is 9.97 Å². The van der Waals surface area contributed by atoms with Crippen LogP contribution in [0.5, 0.6) is 11.6 Å². The van der Waals surface area contributed by atoms with Crippen molar-refractivity contribution >= 4 is 17.3 Å². The van der Waals surface area contributed by atoms with E-state index in [1.807, 2.05) is 32.9 Å². The molecule has 0 spiro atoms. The lowest BCUT2D eigenvalue weighted by molar-refractivity contribution is -0.386. The van der Waals surface area contributed by atoms with Crippen molar-refractivity contribution in [2.75, 3.05) is 0 Å². The van der Waals surface area contributed by atoms with Crippen LogP contribution in [0.15, 0.2) is 30.5 Å². The molecule has 0 N–H and O–H groups in total. The molecule has 21 heavy (non-hydrogen) atoms. The smallest absolute Gasteiger partial charge is 0.349 e. The van der Waals surface area contributed by atoms with E-state index < -0.39 is 4.92 Å². The molecular formula is C14H14ClN3O3. The molecule has 2 rings (SSSR count). The topological polar surface area (TPSA) is 78.2 Å². The van der Waals surface area contributed by atoms with E-state index in [1.54, 1.807) is 12.1 Å². The minimum absolute atomic E-state index is 0.108. The Morgan fingerprint density at radius 3 is 2.57 bits per heavy atom. The summed E-state index contributed by atoms with van der Waals surface area (Å²) in [5, 5.41) is 10.9. The molecule has 0 aliphatic heterocycles. The number of nitrogens with zero attached hydrogens (tertiary/aromatic N) is 3. The Morgan fingerprint density at radius 1 is 1.29 bits per heavy atom. The van der Waals surface area contributed by atoms with Gasteiger partial charge in [0, 0.05) is 5.56 Å². The predicted molar refractivity (Wildman–Crippen MR) is 78.9 cm³/mol. The van der Waals surface area contributed by atoms with Crippen LogP contribution in [0.2, 0.25) is 5.28 Å². The van der Waals surface area contributed by atoms with E-state index in [4.69, 9.17) is 16.3 Å². The molecule has 0 aliphatic rings.